The standard InChI is InChI=1S/C3H2IN3O4/c8-4(9)3-1-5-6(2-3)7(10)11/h1-2H. The van der Waals surface area contributed by atoms with E-state index in [1.165, 1.54) is 0 Å². The van der Waals surface area contributed by atoms with E-state index >= 15 is 0 Å². The summed E-state index contributed by atoms with van der Waals surface area (Å²) >= 11 is -3.59. The molecule has 0 N–H and O–H groups in total. The molecule has 1 rings (SSSR count). The predicted molar refractivity (Wildman–Crippen MR) is 38.7 cm³/mol. The van der Waals surface area contributed by atoms with Crippen LogP contribution in [0, 0.1) is 13.7 Å². The summed E-state index contributed by atoms with van der Waals surface area (Å²) in [5.74, 6) is 0. The minimum atomic E-state index is -3.59. The zero-order chi connectivity index (χ0) is 8.43. The van der Waals surface area contributed by atoms with E-state index in [4.69, 9.17) is 0 Å². The first-order chi connectivity index (χ1) is 5.11. The molecule has 0 radical (unpaired) electrons. The first kappa shape index (κ1) is 8.04. The van der Waals surface area contributed by atoms with Gasteiger partial charge in [-0.1, -0.05) is 0 Å². The summed E-state index contributed by atoms with van der Waals surface area (Å²) in [6.45, 7) is 0. The molecule has 0 fully saturated rings. The van der Waals surface area contributed by atoms with Gasteiger partial charge in [0.25, 0.3) is 0 Å². The van der Waals surface area contributed by atoms with Crippen LogP contribution in [0.4, 0.5) is 0 Å². The molecular weight excluding hydrogens is 269 g/mol. The summed E-state index contributed by atoms with van der Waals surface area (Å²) in [5.41, 5.74) is 0. The third-order valence-electron chi connectivity index (χ3n) is 0.884. The molecule has 0 saturated heterocycles. The number of aromatic nitrogens is 2. The number of halogens is 1. The van der Waals surface area contributed by atoms with E-state index < -0.39 is 24.8 Å². The Morgan fingerprint density at radius 3 is 2.55 bits per heavy atom. The van der Waals surface area contributed by atoms with E-state index in [0.717, 1.165) is 12.4 Å². The maximum Gasteiger partial charge on any atom is 0.346 e. The van der Waals surface area contributed by atoms with Crippen molar-refractivity contribution < 1.29 is 11.2 Å². The molecule has 0 aliphatic rings. The van der Waals surface area contributed by atoms with Crippen molar-refractivity contribution in [2.75, 3.05) is 0 Å². The molecule has 1 aromatic heterocycles. The van der Waals surface area contributed by atoms with Gasteiger partial charge in [-0.05, 0) is 0 Å². The summed E-state index contributed by atoms with van der Waals surface area (Å²) in [4.78, 5) is 10.3. The fraction of sp³-hybridized carbons (Fsp3) is 0. The topological polar surface area (TPSA) is 95.1 Å². The van der Waals surface area contributed by atoms with E-state index in [0.29, 0.717) is 4.79 Å². The number of nitrogens with zero attached hydrogens (tertiary/aromatic N) is 3. The van der Waals surface area contributed by atoms with E-state index in [1.54, 1.807) is 0 Å². The highest BCUT2D eigenvalue weighted by atomic mass is 127. The van der Waals surface area contributed by atoms with Crippen LogP contribution in [-0.2, 0) is 6.14 Å². The number of rotatable bonds is 2. The summed E-state index contributed by atoms with van der Waals surface area (Å²) in [6, 6.07) is 0. The fourth-order valence-electron chi connectivity index (χ4n) is 0.460. The Balaban J connectivity index is 3.09. The highest BCUT2D eigenvalue weighted by molar-refractivity contribution is 14.2. The van der Waals surface area contributed by atoms with Gasteiger partial charge in [0.2, 0.25) is 0 Å². The fourth-order valence-corrected chi connectivity index (χ4v) is 1.29. The van der Waals surface area contributed by atoms with Crippen LogP contribution in [0.3, 0.4) is 0 Å². The van der Waals surface area contributed by atoms with Gasteiger partial charge in [0.1, 0.15) is 9.77 Å². The molecule has 1 aromatic rings. The molecule has 0 spiro atoms. The number of hydrogen-bond donors (Lipinski definition) is 0. The second-order valence-corrected chi connectivity index (χ2v) is 4.02. The molecule has 60 valence electrons. The van der Waals surface area contributed by atoms with Crippen LogP contribution in [0.25, 0.3) is 0 Å². The van der Waals surface area contributed by atoms with Crippen LogP contribution in [0.5, 0.6) is 0 Å². The normalized spacial score (nSPS) is 10.3. The van der Waals surface area contributed by atoms with Crippen molar-refractivity contribution in [3.05, 3.63) is 26.1 Å². The smallest absolute Gasteiger partial charge is 0.339 e. The van der Waals surface area contributed by atoms with Gasteiger partial charge in [0.05, 0.1) is 5.03 Å². The maximum absolute atomic E-state index is 10.3. The highest BCUT2D eigenvalue weighted by Gasteiger charge is 2.09. The van der Waals surface area contributed by atoms with Crippen molar-refractivity contribution >= 4 is 19.8 Å². The zero-order valence-electron chi connectivity index (χ0n) is 5.01. The minimum Gasteiger partial charge on any atom is -0.339 e. The molecule has 0 aromatic carbocycles. The van der Waals surface area contributed by atoms with Crippen LogP contribution < -0.4 is 0 Å². The third-order valence-corrected chi connectivity index (χ3v) is 2.46. The second kappa shape index (κ2) is 2.90. The van der Waals surface area contributed by atoms with Crippen molar-refractivity contribution in [1.82, 2.24) is 9.89 Å². The number of hydrogen-bond acceptors (Lipinski definition) is 5. The van der Waals surface area contributed by atoms with Crippen LogP contribution in [0.15, 0.2) is 12.4 Å². The lowest BCUT2D eigenvalue weighted by molar-refractivity contribution is -0.552. The second-order valence-electron chi connectivity index (χ2n) is 1.53. The summed E-state index contributed by atoms with van der Waals surface area (Å²) in [5, 5.41) is 12.3. The molecule has 0 amide bonds. The summed E-state index contributed by atoms with van der Waals surface area (Å²) < 4.78 is 20.5. The maximum atomic E-state index is 10.3. The van der Waals surface area contributed by atoms with Gasteiger partial charge >= 0.3 is 19.8 Å². The molecule has 0 aliphatic heterocycles. The molecule has 8 heteroatoms. The molecule has 0 saturated carbocycles. The van der Waals surface area contributed by atoms with Gasteiger partial charge in [0.15, 0.2) is 6.20 Å². The monoisotopic (exact) mass is 271 g/mol. The average molecular weight is 271 g/mol. The molecule has 0 aliphatic carbocycles. The van der Waals surface area contributed by atoms with Crippen molar-refractivity contribution in [3.8, 4) is 0 Å². The molecule has 1 heterocycles. The Morgan fingerprint density at radius 2 is 2.27 bits per heavy atom. The van der Waals surface area contributed by atoms with Crippen LogP contribution in [0.1, 0.15) is 0 Å². The van der Waals surface area contributed by atoms with Crippen molar-refractivity contribution in [1.29, 1.82) is 0 Å². The van der Waals surface area contributed by atoms with Crippen LogP contribution in [-0.4, -0.2) is 14.9 Å². The van der Waals surface area contributed by atoms with E-state index in [1.807, 2.05) is 0 Å². The SMILES string of the molecule is O=[N+]([O-])n1cc(I(=O)=O)cn1. The molecule has 0 unspecified atom stereocenters. The Morgan fingerprint density at radius 1 is 1.64 bits per heavy atom. The lowest BCUT2D eigenvalue weighted by Gasteiger charge is -1.86. The van der Waals surface area contributed by atoms with E-state index in [2.05, 4.69) is 5.10 Å². The third kappa shape index (κ3) is 1.69. The minimum absolute atomic E-state index is 0.0779. The van der Waals surface area contributed by atoms with Gasteiger partial charge in [0, 0.05) is 9.89 Å². The summed E-state index contributed by atoms with van der Waals surface area (Å²) in [6.07, 6.45) is 1.82. The molecule has 0 bridgehead atoms. The Hall–Kier alpha value is -1.06. The van der Waals surface area contributed by atoms with Gasteiger partial charge in [-0.15, -0.1) is 0 Å². The zero-order valence-corrected chi connectivity index (χ0v) is 7.16. The first-order valence-corrected chi connectivity index (χ1v) is 5.20. The van der Waals surface area contributed by atoms with Gasteiger partial charge < -0.3 is 10.1 Å². The largest absolute Gasteiger partial charge is 0.346 e. The van der Waals surface area contributed by atoms with Gasteiger partial charge in [-0.2, -0.15) is 0 Å². The molecule has 7 nitrogen and oxygen atoms in total. The Labute approximate surface area is 67.3 Å². The lowest BCUT2D eigenvalue weighted by Crippen LogP contribution is -2.07. The first-order valence-electron chi connectivity index (χ1n) is 2.36. The van der Waals surface area contributed by atoms with Crippen molar-refractivity contribution in [2.45, 2.75) is 0 Å². The Kier molecular flexibility index (Phi) is 2.12. The summed E-state index contributed by atoms with van der Waals surface area (Å²) in [7, 11) is 0. The average Bonchev–Trinajstić information content (AvgIpc) is 2.33. The molecule has 11 heavy (non-hydrogen) atoms. The number of nitro groups is 1. The van der Waals surface area contributed by atoms with Crippen molar-refractivity contribution in [3.63, 3.8) is 0 Å². The van der Waals surface area contributed by atoms with Gasteiger partial charge in [-0.3, -0.25) is 0 Å². The van der Waals surface area contributed by atoms with Crippen molar-refractivity contribution in [2.24, 2.45) is 0 Å². The quantitative estimate of drug-likeness (QED) is 0.437. The van der Waals surface area contributed by atoms with E-state index in [9.17, 15) is 16.3 Å². The van der Waals surface area contributed by atoms with Crippen LogP contribution in [0.2, 0.25) is 0 Å². The van der Waals surface area contributed by atoms with Gasteiger partial charge in [-0.25, -0.2) is 6.14 Å². The molecule has 0 atom stereocenters. The Bertz CT molecular complexity index is 345. The molecular formula is C3H2IN3O4. The van der Waals surface area contributed by atoms with Crippen LogP contribution >= 0.6 is 19.8 Å². The predicted octanol–water partition coefficient (Wildman–Crippen LogP) is 0.290. The van der Waals surface area contributed by atoms with E-state index in [-0.39, 0.29) is 3.57 Å². The highest BCUT2D eigenvalue weighted by Crippen LogP contribution is 2.14. The lowest BCUT2D eigenvalue weighted by atomic mass is 10.8.